The fourth-order valence-corrected chi connectivity index (χ4v) is 2.40. The van der Waals surface area contributed by atoms with Crippen LogP contribution >= 0.6 is 11.3 Å². The molecule has 0 spiro atoms. The van der Waals surface area contributed by atoms with E-state index in [1.807, 2.05) is 17.5 Å². The third-order valence-corrected chi connectivity index (χ3v) is 3.32. The van der Waals surface area contributed by atoms with Gasteiger partial charge in [-0.05, 0) is 25.3 Å². The van der Waals surface area contributed by atoms with Crippen molar-refractivity contribution in [3.8, 4) is 0 Å². The van der Waals surface area contributed by atoms with Gasteiger partial charge in [0, 0.05) is 22.8 Å². The highest BCUT2D eigenvalue weighted by Crippen LogP contribution is 2.31. The molecule has 0 amide bonds. The summed E-state index contributed by atoms with van der Waals surface area (Å²) in [5.74, 6) is -0.646. The maximum atomic E-state index is 11.6. The zero-order valence-electron chi connectivity index (χ0n) is 10.1. The smallest absolute Gasteiger partial charge is 0.334 e. The summed E-state index contributed by atoms with van der Waals surface area (Å²) in [6, 6.07) is 3.80. The van der Waals surface area contributed by atoms with Crippen LogP contribution in [0, 0.1) is 0 Å². The molecule has 0 bridgehead atoms. The van der Waals surface area contributed by atoms with E-state index in [9.17, 15) is 9.59 Å². The van der Waals surface area contributed by atoms with Crippen molar-refractivity contribution in [2.24, 2.45) is 0 Å². The summed E-state index contributed by atoms with van der Waals surface area (Å²) in [4.78, 5) is 23.8. The van der Waals surface area contributed by atoms with Gasteiger partial charge in [-0.2, -0.15) is 0 Å². The van der Waals surface area contributed by atoms with Crippen LogP contribution in [-0.2, 0) is 14.3 Å². The van der Waals surface area contributed by atoms with Gasteiger partial charge in [0.1, 0.15) is 5.78 Å². The van der Waals surface area contributed by atoms with Crippen LogP contribution in [0.2, 0.25) is 0 Å². The number of hydrogen-bond acceptors (Lipinski definition) is 4. The molecule has 0 fully saturated rings. The van der Waals surface area contributed by atoms with Crippen LogP contribution < -0.4 is 0 Å². The van der Waals surface area contributed by atoms with Gasteiger partial charge in [-0.15, -0.1) is 11.3 Å². The summed E-state index contributed by atoms with van der Waals surface area (Å²) in [7, 11) is 0. The van der Waals surface area contributed by atoms with Crippen LogP contribution in [0.3, 0.4) is 0 Å². The van der Waals surface area contributed by atoms with E-state index in [4.69, 9.17) is 4.74 Å². The quantitative estimate of drug-likeness (QED) is 0.577. The zero-order chi connectivity index (χ0) is 12.8. The summed E-state index contributed by atoms with van der Waals surface area (Å²) in [6.07, 6.45) is 0.290. The van der Waals surface area contributed by atoms with Gasteiger partial charge in [-0.1, -0.05) is 12.6 Å². The van der Waals surface area contributed by atoms with Gasteiger partial charge < -0.3 is 4.74 Å². The Labute approximate surface area is 105 Å². The molecule has 0 aromatic carbocycles. The molecule has 0 N–H and O–H groups in total. The minimum absolute atomic E-state index is 0.0360. The first-order valence-corrected chi connectivity index (χ1v) is 6.33. The summed E-state index contributed by atoms with van der Waals surface area (Å²) < 4.78 is 4.92. The number of hydrogen-bond donors (Lipinski definition) is 0. The molecule has 0 saturated carbocycles. The highest BCUT2D eigenvalue weighted by atomic mass is 32.1. The van der Waals surface area contributed by atoms with Crippen LogP contribution in [-0.4, -0.2) is 18.4 Å². The molecule has 1 rings (SSSR count). The molecule has 1 atom stereocenters. The highest BCUT2D eigenvalue weighted by molar-refractivity contribution is 7.10. The van der Waals surface area contributed by atoms with E-state index >= 15 is 0 Å². The topological polar surface area (TPSA) is 43.4 Å². The van der Waals surface area contributed by atoms with Gasteiger partial charge >= 0.3 is 5.97 Å². The fraction of sp³-hybridized carbons (Fsp3) is 0.385. The first kappa shape index (κ1) is 13.6. The summed E-state index contributed by atoms with van der Waals surface area (Å²) in [5.41, 5.74) is 0.351. The van der Waals surface area contributed by atoms with Crippen molar-refractivity contribution in [3.63, 3.8) is 0 Å². The maximum absolute atomic E-state index is 11.6. The molecule has 0 aliphatic heterocycles. The number of rotatable bonds is 6. The molecular formula is C13H16O3S. The third kappa shape index (κ3) is 3.82. The van der Waals surface area contributed by atoms with Crippen molar-refractivity contribution in [1.82, 2.24) is 0 Å². The molecule has 0 unspecified atom stereocenters. The van der Waals surface area contributed by atoms with Crippen molar-refractivity contribution in [1.29, 1.82) is 0 Å². The van der Waals surface area contributed by atoms with Crippen molar-refractivity contribution < 1.29 is 14.3 Å². The predicted octanol–water partition coefficient (Wildman–Crippen LogP) is 2.93. The number of carbonyl (C=O) groups is 2. The van der Waals surface area contributed by atoms with E-state index in [1.54, 1.807) is 6.92 Å². The standard InChI is InChI=1S/C13H16O3S/c1-4-16-13(15)10(3)11(8-9(2)14)12-6-5-7-17-12/h5-7,11H,3-4,8H2,1-2H3/t11-/m1/s1. The second kappa shape index (κ2) is 6.35. The van der Waals surface area contributed by atoms with Crippen LogP contribution in [0.1, 0.15) is 31.1 Å². The van der Waals surface area contributed by atoms with Gasteiger partial charge in [0.15, 0.2) is 0 Å². The van der Waals surface area contributed by atoms with E-state index in [0.29, 0.717) is 12.2 Å². The third-order valence-electron chi connectivity index (χ3n) is 2.34. The minimum atomic E-state index is -0.424. The Balaban J connectivity index is 2.87. The second-order valence-corrected chi connectivity index (χ2v) is 4.70. The van der Waals surface area contributed by atoms with Gasteiger partial charge in [-0.25, -0.2) is 4.79 Å². The van der Waals surface area contributed by atoms with Crippen molar-refractivity contribution in [3.05, 3.63) is 34.5 Å². The predicted molar refractivity (Wildman–Crippen MR) is 68.1 cm³/mol. The van der Waals surface area contributed by atoms with Gasteiger partial charge in [0.25, 0.3) is 0 Å². The number of ether oxygens (including phenoxy) is 1. The second-order valence-electron chi connectivity index (χ2n) is 3.72. The van der Waals surface area contributed by atoms with Crippen LogP contribution in [0.15, 0.2) is 29.7 Å². The van der Waals surface area contributed by atoms with E-state index in [0.717, 1.165) is 4.88 Å². The van der Waals surface area contributed by atoms with E-state index in [-0.39, 0.29) is 18.1 Å². The van der Waals surface area contributed by atoms with Crippen LogP contribution in [0.5, 0.6) is 0 Å². The molecule has 17 heavy (non-hydrogen) atoms. The molecule has 1 heterocycles. The fourth-order valence-electron chi connectivity index (χ4n) is 1.54. The molecule has 4 heteroatoms. The molecule has 0 saturated heterocycles. The molecule has 0 aliphatic carbocycles. The van der Waals surface area contributed by atoms with Crippen molar-refractivity contribution in [2.75, 3.05) is 6.61 Å². The molecule has 1 aromatic heterocycles. The molecule has 0 radical (unpaired) electrons. The number of thiophene rings is 1. The molecule has 3 nitrogen and oxygen atoms in total. The van der Waals surface area contributed by atoms with Gasteiger partial charge in [0.05, 0.1) is 6.61 Å². The largest absolute Gasteiger partial charge is 0.463 e. The summed E-state index contributed by atoms with van der Waals surface area (Å²) >= 11 is 1.52. The molecule has 1 aromatic rings. The Bertz CT molecular complexity index is 406. The SMILES string of the molecule is C=C(C(=O)OCC)[C@@H](CC(C)=O)c1cccs1. The minimum Gasteiger partial charge on any atom is -0.463 e. The average Bonchev–Trinajstić information content (AvgIpc) is 2.78. The van der Waals surface area contributed by atoms with Crippen LogP contribution in [0.25, 0.3) is 0 Å². The highest BCUT2D eigenvalue weighted by Gasteiger charge is 2.24. The Kier molecular flexibility index (Phi) is 5.10. The lowest BCUT2D eigenvalue weighted by molar-refractivity contribution is -0.138. The van der Waals surface area contributed by atoms with Crippen LogP contribution in [0.4, 0.5) is 0 Å². The maximum Gasteiger partial charge on any atom is 0.334 e. The average molecular weight is 252 g/mol. The lowest BCUT2D eigenvalue weighted by Gasteiger charge is -2.15. The Hall–Kier alpha value is -1.42. The van der Waals surface area contributed by atoms with Crippen molar-refractivity contribution in [2.45, 2.75) is 26.2 Å². The first-order valence-electron chi connectivity index (χ1n) is 5.45. The van der Waals surface area contributed by atoms with Gasteiger partial charge in [0.2, 0.25) is 0 Å². The lowest BCUT2D eigenvalue weighted by Crippen LogP contribution is -2.15. The molecule has 0 aliphatic rings. The van der Waals surface area contributed by atoms with E-state index < -0.39 is 5.97 Å². The summed E-state index contributed by atoms with van der Waals surface area (Å²) in [5, 5.41) is 1.92. The summed E-state index contributed by atoms with van der Waals surface area (Å²) in [6.45, 7) is 7.34. The molecule has 92 valence electrons. The van der Waals surface area contributed by atoms with E-state index in [1.165, 1.54) is 18.3 Å². The Morgan fingerprint density at radius 3 is 2.71 bits per heavy atom. The van der Waals surface area contributed by atoms with Gasteiger partial charge in [-0.3, -0.25) is 4.79 Å². The molecular weight excluding hydrogens is 236 g/mol. The first-order chi connectivity index (χ1) is 8.06. The number of esters is 1. The monoisotopic (exact) mass is 252 g/mol. The number of Topliss-reactive ketones (excluding diaryl/α,β-unsaturated/α-hetero) is 1. The lowest BCUT2D eigenvalue weighted by atomic mass is 9.93. The number of ketones is 1. The Morgan fingerprint density at radius 2 is 2.24 bits per heavy atom. The van der Waals surface area contributed by atoms with E-state index in [2.05, 4.69) is 6.58 Å². The number of carbonyl (C=O) groups excluding carboxylic acids is 2. The zero-order valence-corrected chi connectivity index (χ0v) is 10.9. The Morgan fingerprint density at radius 1 is 1.53 bits per heavy atom. The normalized spacial score (nSPS) is 11.9. The van der Waals surface area contributed by atoms with Crippen molar-refractivity contribution >= 4 is 23.1 Å².